The summed E-state index contributed by atoms with van der Waals surface area (Å²) in [5.41, 5.74) is 5.57. The van der Waals surface area contributed by atoms with Crippen molar-refractivity contribution >= 4 is 46.0 Å². The number of pyridine rings is 1. The van der Waals surface area contributed by atoms with E-state index >= 15 is 0 Å². The summed E-state index contributed by atoms with van der Waals surface area (Å²) in [6, 6.07) is 11.3. The van der Waals surface area contributed by atoms with Crippen molar-refractivity contribution in [3.8, 4) is 11.1 Å². The fourth-order valence-corrected chi connectivity index (χ4v) is 5.37. The molecule has 2 aliphatic heterocycles. The van der Waals surface area contributed by atoms with Crippen LogP contribution in [0.15, 0.2) is 47.3 Å². The molecule has 0 aliphatic carbocycles. The van der Waals surface area contributed by atoms with Gasteiger partial charge in [-0.3, -0.25) is 38.9 Å². The number of H-pyrrole nitrogens is 1. The van der Waals surface area contributed by atoms with E-state index in [1.165, 1.54) is 4.57 Å². The zero-order chi connectivity index (χ0) is 27.6. The van der Waals surface area contributed by atoms with Gasteiger partial charge in [0.1, 0.15) is 6.04 Å². The Hall–Kier alpha value is -5.06. The van der Waals surface area contributed by atoms with Crippen molar-refractivity contribution in [2.75, 3.05) is 5.32 Å². The molecule has 11 nitrogen and oxygen atoms in total. The lowest BCUT2D eigenvalue weighted by Crippen LogP contribution is -2.54. The van der Waals surface area contributed by atoms with Gasteiger partial charge in [0.05, 0.1) is 27.8 Å². The Morgan fingerprint density at radius 1 is 0.923 bits per heavy atom. The number of fused-ring (bicyclic) bond motifs is 2. The first-order valence-corrected chi connectivity index (χ1v) is 12.4. The molecule has 39 heavy (non-hydrogen) atoms. The topological polar surface area (TPSA) is 146 Å². The van der Waals surface area contributed by atoms with E-state index in [-0.39, 0.29) is 29.7 Å². The monoisotopic (exact) mass is 524 g/mol. The molecule has 2 aromatic heterocycles. The van der Waals surface area contributed by atoms with Gasteiger partial charge in [0, 0.05) is 36.1 Å². The van der Waals surface area contributed by atoms with Crippen LogP contribution in [-0.2, 0) is 16.6 Å². The van der Waals surface area contributed by atoms with Gasteiger partial charge in [-0.25, -0.2) is 4.79 Å². The summed E-state index contributed by atoms with van der Waals surface area (Å²) in [4.78, 5) is 71.6. The van der Waals surface area contributed by atoms with E-state index in [0.717, 1.165) is 27.4 Å². The number of aromatic nitrogens is 3. The second kappa shape index (κ2) is 8.76. The molecule has 2 aromatic carbocycles. The summed E-state index contributed by atoms with van der Waals surface area (Å²) in [7, 11) is 1.66. The Balaban J connectivity index is 1.47. The van der Waals surface area contributed by atoms with Crippen LogP contribution in [0.4, 0.5) is 11.4 Å². The Kier molecular flexibility index (Phi) is 5.45. The van der Waals surface area contributed by atoms with Gasteiger partial charge in [0.15, 0.2) is 0 Å². The number of benzene rings is 2. The van der Waals surface area contributed by atoms with Crippen molar-refractivity contribution < 1.29 is 19.2 Å². The Bertz CT molecular complexity index is 1800. The Labute approximate surface area is 221 Å². The lowest BCUT2D eigenvalue weighted by molar-refractivity contribution is -0.136. The van der Waals surface area contributed by atoms with Crippen LogP contribution >= 0.6 is 0 Å². The van der Waals surface area contributed by atoms with E-state index in [0.29, 0.717) is 22.4 Å². The second-order valence-corrected chi connectivity index (χ2v) is 9.84. The molecule has 2 aliphatic rings. The predicted molar refractivity (Wildman–Crippen MR) is 143 cm³/mol. The van der Waals surface area contributed by atoms with E-state index < -0.39 is 29.7 Å². The first-order chi connectivity index (χ1) is 18.6. The van der Waals surface area contributed by atoms with E-state index in [1.807, 2.05) is 38.1 Å². The normalized spacial score (nSPS) is 17.1. The maximum atomic E-state index is 13.6. The zero-order valence-corrected chi connectivity index (χ0v) is 21.4. The van der Waals surface area contributed by atoms with Crippen molar-refractivity contribution in [2.24, 2.45) is 7.05 Å². The van der Waals surface area contributed by atoms with Gasteiger partial charge in [-0.1, -0.05) is 6.07 Å². The fraction of sp³-hybridized carbons (Fsp3) is 0.214. The average molecular weight is 525 g/mol. The predicted octanol–water partition coefficient (Wildman–Crippen LogP) is 2.69. The summed E-state index contributed by atoms with van der Waals surface area (Å²) in [5, 5.41) is 5.54. The molecule has 4 amide bonds. The number of hydrogen-bond donors (Lipinski definition) is 3. The summed E-state index contributed by atoms with van der Waals surface area (Å²) in [5.74, 6) is -2.30. The molecule has 0 unspecified atom stereocenters. The van der Waals surface area contributed by atoms with Crippen LogP contribution in [0.5, 0.6) is 0 Å². The zero-order valence-electron chi connectivity index (χ0n) is 21.4. The molecule has 1 fully saturated rings. The maximum absolute atomic E-state index is 13.6. The van der Waals surface area contributed by atoms with Gasteiger partial charge < -0.3 is 10.3 Å². The van der Waals surface area contributed by atoms with E-state index in [2.05, 4.69) is 20.6 Å². The second-order valence-electron chi connectivity index (χ2n) is 9.84. The van der Waals surface area contributed by atoms with Gasteiger partial charge in [-0.05, 0) is 62.2 Å². The number of anilines is 2. The molecule has 3 N–H and O–H groups in total. The van der Waals surface area contributed by atoms with Gasteiger partial charge in [0.25, 0.3) is 11.8 Å². The molecule has 6 rings (SSSR count). The number of imide groups is 2. The van der Waals surface area contributed by atoms with Crippen molar-refractivity contribution in [3.63, 3.8) is 0 Å². The molecule has 4 aromatic rings. The Morgan fingerprint density at radius 3 is 2.38 bits per heavy atom. The first kappa shape index (κ1) is 24.3. The SMILES string of the molecule is Cc1cc(-c2cc3[nH]c(=O)n(C)c3cc2Nc2cccc3c2C(=O)N([C@H]2CCC(=O)NC2=O)C3=O)cc(C)n1. The summed E-state index contributed by atoms with van der Waals surface area (Å²) >= 11 is 0. The molecule has 196 valence electrons. The minimum atomic E-state index is -1.06. The summed E-state index contributed by atoms with van der Waals surface area (Å²) in [6.07, 6.45) is 0.112. The third kappa shape index (κ3) is 3.90. The minimum absolute atomic E-state index is 0.0401. The quantitative estimate of drug-likeness (QED) is 0.348. The molecular formula is C28H24N6O5. The van der Waals surface area contributed by atoms with Gasteiger partial charge in [-0.15, -0.1) is 0 Å². The third-order valence-corrected chi connectivity index (χ3v) is 7.17. The average Bonchev–Trinajstić information content (AvgIpc) is 3.30. The van der Waals surface area contributed by atoms with Crippen LogP contribution in [0.25, 0.3) is 22.2 Å². The number of aromatic amines is 1. The van der Waals surface area contributed by atoms with Crippen molar-refractivity contribution in [2.45, 2.75) is 32.7 Å². The van der Waals surface area contributed by atoms with Crippen LogP contribution in [0.2, 0.25) is 0 Å². The van der Waals surface area contributed by atoms with E-state index in [9.17, 15) is 24.0 Å². The van der Waals surface area contributed by atoms with Crippen molar-refractivity contribution in [1.82, 2.24) is 24.8 Å². The standard InChI is InChI=1S/C28H24N6O5/c1-13-9-15(10-14(2)29-13)17-11-20-22(33(3)28(39)31-20)12-19(17)30-18-6-4-5-16-24(18)27(38)34(26(16)37)21-7-8-23(35)32-25(21)36/h4-6,9-12,21,30H,7-8H2,1-3H3,(H,31,39)(H,32,35,36)/t21-/m0/s1. The number of rotatable bonds is 4. The molecule has 1 atom stereocenters. The number of carbonyl (C=O) groups is 4. The highest BCUT2D eigenvalue weighted by Gasteiger charge is 2.45. The number of imidazole rings is 1. The number of aryl methyl sites for hydroxylation is 3. The highest BCUT2D eigenvalue weighted by atomic mass is 16.2. The molecule has 11 heteroatoms. The van der Waals surface area contributed by atoms with Gasteiger partial charge >= 0.3 is 5.69 Å². The molecule has 0 saturated carbocycles. The van der Waals surface area contributed by atoms with E-state index in [1.54, 1.807) is 25.2 Å². The first-order valence-electron chi connectivity index (χ1n) is 12.4. The molecule has 0 spiro atoms. The molecule has 0 bridgehead atoms. The van der Waals surface area contributed by atoms with Crippen molar-refractivity contribution in [1.29, 1.82) is 0 Å². The number of piperidine rings is 1. The van der Waals surface area contributed by atoms with Crippen LogP contribution in [-0.4, -0.2) is 49.1 Å². The Morgan fingerprint density at radius 2 is 1.67 bits per heavy atom. The summed E-state index contributed by atoms with van der Waals surface area (Å²) < 4.78 is 1.49. The van der Waals surface area contributed by atoms with Crippen LogP contribution < -0.4 is 16.3 Å². The molecule has 4 heterocycles. The van der Waals surface area contributed by atoms with Crippen LogP contribution in [0, 0.1) is 13.8 Å². The number of carbonyl (C=O) groups excluding carboxylic acids is 4. The smallest absolute Gasteiger partial charge is 0.326 e. The lowest BCUT2D eigenvalue weighted by atomic mass is 10.0. The number of hydrogen-bond acceptors (Lipinski definition) is 7. The number of nitrogens with one attached hydrogen (secondary N) is 3. The van der Waals surface area contributed by atoms with E-state index in [4.69, 9.17) is 0 Å². The highest BCUT2D eigenvalue weighted by molar-refractivity contribution is 6.25. The fourth-order valence-electron chi connectivity index (χ4n) is 5.37. The maximum Gasteiger partial charge on any atom is 0.326 e. The lowest BCUT2D eigenvalue weighted by Gasteiger charge is -2.27. The number of amides is 4. The van der Waals surface area contributed by atoms with Crippen LogP contribution in [0.1, 0.15) is 44.9 Å². The molecular weight excluding hydrogens is 500 g/mol. The molecule has 0 radical (unpaired) electrons. The minimum Gasteiger partial charge on any atom is -0.354 e. The van der Waals surface area contributed by atoms with Crippen LogP contribution in [0.3, 0.4) is 0 Å². The van der Waals surface area contributed by atoms with Crippen molar-refractivity contribution in [3.05, 3.63) is 75.5 Å². The van der Waals surface area contributed by atoms with Gasteiger partial charge in [-0.2, -0.15) is 0 Å². The molecule has 1 saturated heterocycles. The highest BCUT2D eigenvalue weighted by Crippen LogP contribution is 2.38. The number of nitrogens with zero attached hydrogens (tertiary/aromatic N) is 3. The largest absolute Gasteiger partial charge is 0.354 e. The summed E-state index contributed by atoms with van der Waals surface area (Å²) in [6.45, 7) is 3.79. The van der Waals surface area contributed by atoms with Gasteiger partial charge in [0.2, 0.25) is 11.8 Å². The third-order valence-electron chi connectivity index (χ3n) is 7.17.